The molecule has 0 heterocycles. The van der Waals surface area contributed by atoms with E-state index in [-0.39, 0.29) is 5.75 Å². The van der Waals surface area contributed by atoms with Crippen LogP contribution in [0.2, 0.25) is 0 Å². The molecule has 2 aromatic rings. The van der Waals surface area contributed by atoms with Gasteiger partial charge >= 0.3 is 0 Å². The summed E-state index contributed by atoms with van der Waals surface area (Å²) in [6.07, 6.45) is 0. The topological polar surface area (TPSA) is 29.5 Å². The number of ether oxygens (including phenoxy) is 1. The van der Waals surface area contributed by atoms with Crippen molar-refractivity contribution in [2.24, 2.45) is 0 Å². The van der Waals surface area contributed by atoms with Crippen molar-refractivity contribution in [2.75, 3.05) is 0 Å². The fourth-order valence-corrected chi connectivity index (χ4v) is 3.06. The molecular formula is C12H6Br4O2. The average molecular weight is 502 g/mol. The van der Waals surface area contributed by atoms with Gasteiger partial charge in [0.05, 0.1) is 8.95 Å². The molecule has 0 aliphatic carbocycles. The number of phenols is 1. The zero-order chi connectivity index (χ0) is 13.3. The molecule has 0 saturated heterocycles. The number of hydrogen-bond acceptors (Lipinski definition) is 2. The molecule has 1 N–H and O–H groups in total. The van der Waals surface area contributed by atoms with Crippen molar-refractivity contribution >= 4 is 63.7 Å². The Morgan fingerprint density at radius 1 is 0.833 bits per heavy atom. The molecule has 0 aliphatic rings. The van der Waals surface area contributed by atoms with Gasteiger partial charge in [-0.25, -0.2) is 0 Å². The summed E-state index contributed by atoms with van der Waals surface area (Å²) in [7, 11) is 0. The lowest BCUT2D eigenvalue weighted by molar-refractivity contribution is 0.407. The van der Waals surface area contributed by atoms with Crippen molar-refractivity contribution in [1.82, 2.24) is 0 Å². The van der Waals surface area contributed by atoms with Crippen LogP contribution in [-0.2, 0) is 0 Å². The molecule has 2 aromatic carbocycles. The van der Waals surface area contributed by atoms with Gasteiger partial charge in [-0.3, -0.25) is 0 Å². The van der Waals surface area contributed by atoms with E-state index in [1.54, 1.807) is 12.1 Å². The quantitative estimate of drug-likeness (QED) is 0.528. The van der Waals surface area contributed by atoms with Crippen LogP contribution in [0.15, 0.2) is 48.2 Å². The second kappa shape index (κ2) is 5.94. The lowest BCUT2D eigenvalue weighted by Crippen LogP contribution is -1.87. The molecule has 0 aromatic heterocycles. The molecule has 2 nitrogen and oxygen atoms in total. The standard InChI is InChI=1S/C12H6Br4O2/c13-6-1-3-9(8(15)5-6)18-10-4-2-7(14)11(16)12(10)17/h1-5,17H. The van der Waals surface area contributed by atoms with Crippen LogP contribution in [0.1, 0.15) is 0 Å². The number of benzene rings is 2. The molecule has 0 saturated carbocycles. The second-order valence-corrected chi connectivity index (χ2v) is 6.80. The molecule has 0 spiro atoms. The number of hydrogen-bond donors (Lipinski definition) is 1. The minimum Gasteiger partial charge on any atom is -0.503 e. The first-order valence-corrected chi connectivity index (χ1v) is 7.96. The third-order valence-corrected chi connectivity index (χ3v) is 5.25. The number of rotatable bonds is 2. The van der Waals surface area contributed by atoms with Gasteiger partial charge in [0, 0.05) is 8.95 Å². The van der Waals surface area contributed by atoms with Crippen LogP contribution in [-0.4, -0.2) is 5.11 Å². The zero-order valence-electron chi connectivity index (χ0n) is 8.75. The highest BCUT2D eigenvalue weighted by Gasteiger charge is 2.12. The maximum absolute atomic E-state index is 9.96. The minimum atomic E-state index is 0.0548. The Morgan fingerprint density at radius 2 is 1.50 bits per heavy atom. The summed E-state index contributed by atoms with van der Waals surface area (Å²) in [6.45, 7) is 0. The van der Waals surface area contributed by atoms with E-state index in [1.165, 1.54) is 0 Å². The highest BCUT2D eigenvalue weighted by molar-refractivity contribution is 9.13. The van der Waals surface area contributed by atoms with Crippen molar-refractivity contribution < 1.29 is 9.84 Å². The summed E-state index contributed by atoms with van der Waals surface area (Å²) in [6, 6.07) is 9.04. The van der Waals surface area contributed by atoms with E-state index in [9.17, 15) is 5.11 Å². The highest BCUT2D eigenvalue weighted by atomic mass is 79.9. The molecule has 0 fully saturated rings. The van der Waals surface area contributed by atoms with Crippen LogP contribution in [0.25, 0.3) is 0 Å². The SMILES string of the molecule is Oc1c(Oc2ccc(Br)cc2Br)ccc(Br)c1Br. The Kier molecular flexibility index (Phi) is 4.75. The fraction of sp³-hybridized carbons (Fsp3) is 0. The van der Waals surface area contributed by atoms with Gasteiger partial charge in [0.1, 0.15) is 5.75 Å². The van der Waals surface area contributed by atoms with Gasteiger partial charge in [0.2, 0.25) is 0 Å². The van der Waals surface area contributed by atoms with Gasteiger partial charge in [0.15, 0.2) is 11.5 Å². The van der Waals surface area contributed by atoms with Gasteiger partial charge in [-0.2, -0.15) is 0 Å². The van der Waals surface area contributed by atoms with Crippen LogP contribution in [0.4, 0.5) is 0 Å². The molecule has 0 radical (unpaired) electrons. The van der Waals surface area contributed by atoms with Crippen molar-refractivity contribution in [1.29, 1.82) is 0 Å². The Labute approximate surface area is 138 Å². The molecule has 2 rings (SSSR count). The lowest BCUT2D eigenvalue weighted by Gasteiger charge is -2.11. The minimum absolute atomic E-state index is 0.0548. The number of phenolic OH excluding ortho intramolecular Hbond substituents is 1. The van der Waals surface area contributed by atoms with Crippen molar-refractivity contribution in [2.45, 2.75) is 0 Å². The maximum Gasteiger partial charge on any atom is 0.174 e. The molecule has 6 heteroatoms. The maximum atomic E-state index is 9.96. The van der Waals surface area contributed by atoms with E-state index in [2.05, 4.69) is 63.7 Å². The monoisotopic (exact) mass is 498 g/mol. The second-order valence-electron chi connectivity index (χ2n) is 3.38. The summed E-state index contributed by atoms with van der Waals surface area (Å²) in [5, 5.41) is 9.96. The van der Waals surface area contributed by atoms with Gasteiger partial charge in [0.25, 0.3) is 0 Å². The van der Waals surface area contributed by atoms with Crippen LogP contribution in [0.3, 0.4) is 0 Å². The number of aromatic hydroxyl groups is 1. The van der Waals surface area contributed by atoms with Crippen LogP contribution in [0.5, 0.6) is 17.2 Å². The predicted octanol–water partition coefficient (Wildman–Crippen LogP) is 6.23. The Morgan fingerprint density at radius 3 is 2.17 bits per heavy atom. The molecule has 0 amide bonds. The van der Waals surface area contributed by atoms with Gasteiger partial charge in [-0.1, -0.05) is 15.9 Å². The Balaban J connectivity index is 2.37. The van der Waals surface area contributed by atoms with Gasteiger partial charge in [-0.05, 0) is 78.1 Å². The third-order valence-electron chi connectivity index (χ3n) is 2.15. The molecule has 0 unspecified atom stereocenters. The lowest BCUT2D eigenvalue weighted by atomic mass is 10.3. The van der Waals surface area contributed by atoms with Crippen molar-refractivity contribution in [3.8, 4) is 17.2 Å². The third kappa shape index (κ3) is 3.10. The molecule has 94 valence electrons. The average Bonchev–Trinajstić information content (AvgIpc) is 2.33. The van der Waals surface area contributed by atoms with E-state index in [1.807, 2.05) is 18.2 Å². The molecular weight excluding hydrogens is 496 g/mol. The van der Waals surface area contributed by atoms with E-state index < -0.39 is 0 Å². The van der Waals surface area contributed by atoms with E-state index in [4.69, 9.17) is 4.74 Å². The van der Waals surface area contributed by atoms with Crippen molar-refractivity contribution in [3.63, 3.8) is 0 Å². The Bertz CT molecular complexity index is 599. The van der Waals surface area contributed by atoms with Crippen molar-refractivity contribution in [3.05, 3.63) is 48.2 Å². The predicted molar refractivity (Wildman–Crippen MR) is 85.4 cm³/mol. The fourth-order valence-electron chi connectivity index (χ4n) is 1.28. The molecule has 0 aliphatic heterocycles. The smallest absolute Gasteiger partial charge is 0.174 e. The van der Waals surface area contributed by atoms with Crippen LogP contribution < -0.4 is 4.74 Å². The van der Waals surface area contributed by atoms with Gasteiger partial charge in [-0.15, -0.1) is 0 Å². The van der Waals surface area contributed by atoms with E-state index >= 15 is 0 Å². The summed E-state index contributed by atoms with van der Waals surface area (Å²) < 4.78 is 8.74. The normalized spacial score (nSPS) is 10.4. The summed E-state index contributed by atoms with van der Waals surface area (Å²) in [4.78, 5) is 0. The molecule has 0 atom stereocenters. The summed E-state index contributed by atoms with van der Waals surface area (Å²) in [5.41, 5.74) is 0. The van der Waals surface area contributed by atoms with Crippen LogP contribution in [0, 0.1) is 0 Å². The number of halogens is 4. The van der Waals surface area contributed by atoms with E-state index in [0.717, 1.165) is 13.4 Å². The van der Waals surface area contributed by atoms with Crippen LogP contribution >= 0.6 is 63.7 Å². The zero-order valence-corrected chi connectivity index (χ0v) is 15.1. The first-order chi connectivity index (χ1) is 8.49. The molecule has 0 bridgehead atoms. The van der Waals surface area contributed by atoms with E-state index in [0.29, 0.717) is 16.0 Å². The van der Waals surface area contributed by atoms with Gasteiger partial charge < -0.3 is 9.84 Å². The largest absolute Gasteiger partial charge is 0.503 e. The summed E-state index contributed by atoms with van der Waals surface area (Å²) in [5.74, 6) is 1.06. The first kappa shape index (κ1) is 14.4. The Hall–Kier alpha value is -0.0400. The summed E-state index contributed by atoms with van der Waals surface area (Å²) >= 11 is 13.4. The first-order valence-electron chi connectivity index (χ1n) is 4.79. The highest BCUT2D eigenvalue weighted by Crippen LogP contribution is 2.42. The molecule has 18 heavy (non-hydrogen) atoms.